The Hall–Kier alpha value is -0.650. The molecule has 5 nitrogen and oxygen atoms in total. The zero-order valence-corrected chi connectivity index (χ0v) is 10.5. The van der Waals surface area contributed by atoms with E-state index >= 15 is 0 Å². The Morgan fingerprint density at radius 3 is 2.75 bits per heavy atom. The van der Waals surface area contributed by atoms with Gasteiger partial charge >= 0.3 is 0 Å². The monoisotopic (exact) mass is 232 g/mol. The van der Waals surface area contributed by atoms with Gasteiger partial charge in [-0.25, -0.2) is 0 Å². The van der Waals surface area contributed by atoms with E-state index < -0.39 is 6.10 Å². The Labute approximate surface area is 97.6 Å². The molecule has 16 heavy (non-hydrogen) atoms. The van der Waals surface area contributed by atoms with Crippen molar-refractivity contribution >= 4 is 5.91 Å². The number of carbonyl (C=O) groups is 1. The van der Waals surface area contributed by atoms with E-state index in [9.17, 15) is 9.90 Å². The van der Waals surface area contributed by atoms with E-state index in [0.717, 1.165) is 12.8 Å². The van der Waals surface area contributed by atoms with E-state index in [1.165, 1.54) is 0 Å². The van der Waals surface area contributed by atoms with Crippen LogP contribution in [0.15, 0.2) is 0 Å². The van der Waals surface area contributed by atoms with E-state index in [-0.39, 0.29) is 11.9 Å². The molecule has 0 aliphatic carbocycles. The summed E-state index contributed by atoms with van der Waals surface area (Å²) in [6, 6.07) is -0.296. The van der Waals surface area contributed by atoms with E-state index in [1.807, 2.05) is 0 Å². The molecule has 0 bridgehead atoms. The summed E-state index contributed by atoms with van der Waals surface area (Å²) in [6.45, 7) is 5.20. The number of amides is 1. The lowest BCUT2D eigenvalue weighted by Crippen LogP contribution is -2.44. The van der Waals surface area contributed by atoms with Crippen LogP contribution >= 0.6 is 0 Å². The summed E-state index contributed by atoms with van der Waals surface area (Å²) >= 11 is 0. The van der Waals surface area contributed by atoms with Gasteiger partial charge in [-0.2, -0.15) is 0 Å². The summed E-state index contributed by atoms with van der Waals surface area (Å²) in [5.41, 5.74) is 0. The second-order valence-corrected chi connectivity index (χ2v) is 3.83. The standard InChI is InChI=1S/C11H24N2O3/c1-4-5-6-16-8-10(14)7-13-9(2)11(15)12-3/h9-10,13-14H,4-8H2,1-3H3,(H,12,15). The van der Waals surface area contributed by atoms with Crippen molar-refractivity contribution in [3.05, 3.63) is 0 Å². The minimum atomic E-state index is -0.566. The largest absolute Gasteiger partial charge is 0.389 e. The molecule has 0 saturated heterocycles. The van der Waals surface area contributed by atoms with Crippen LogP contribution in [0.3, 0.4) is 0 Å². The highest BCUT2D eigenvalue weighted by Crippen LogP contribution is 1.91. The van der Waals surface area contributed by atoms with Gasteiger partial charge in [0.1, 0.15) is 0 Å². The number of nitrogens with one attached hydrogen (secondary N) is 2. The van der Waals surface area contributed by atoms with Gasteiger partial charge in [-0.3, -0.25) is 4.79 Å². The summed E-state index contributed by atoms with van der Waals surface area (Å²) < 4.78 is 5.26. The molecule has 0 saturated carbocycles. The van der Waals surface area contributed by atoms with Gasteiger partial charge in [0.05, 0.1) is 18.8 Å². The molecule has 5 heteroatoms. The van der Waals surface area contributed by atoms with E-state index in [0.29, 0.717) is 19.8 Å². The first-order valence-corrected chi connectivity index (χ1v) is 5.82. The molecule has 0 aromatic heterocycles. The van der Waals surface area contributed by atoms with Crippen LogP contribution < -0.4 is 10.6 Å². The molecule has 0 rings (SSSR count). The molecular formula is C11H24N2O3. The fourth-order valence-electron chi connectivity index (χ4n) is 1.15. The molecule has 2 atom stereocenters. The zero-order valence-electron chi connectivity index (χ0n) is 10.5. The minimum absolute atomic E-state index is 0.0842. The van der Waals surface area contributed by atoms with Crippen molar-refractivity contribution in [2.75, 3.05) is 26.8 Å². The van der Waals surface area contributed by atoms with Crippen molar-refractivity contribution in [2.45, 2.75) is 38.8 Å². The number of hydrogen-bond acceptors (Lipinski definition) is 4. The first-order chi connectivity index (χ1) is 7.61. The molecule has 0 heterocycles. The molecular weight excluding hydrogens is 208 g/mol. The highest BCUT2D eigenvalue weighted by Gasteiger charge is 2.12. The quantitative estimate of drug-likeness (QED) is 0.485. The lowest BCUT2D eigenvalue weighted by atomic mass is 10.3. The van der Waals surface area contributed by atoms with E-state index in [2.05, 4.69) is 17.6 Å². The van der Waals surface area contributed by atoms with Crippen LogP contribution in [0.1, 0.15) is 26.7 Å². The predicted octanol–water partition coefficient (Wildman–Crippen LogP) is -0.112. The van der Waals surface area contributed by atoms with Gasteiger partial charge in [-0.1, -0.05) is 13.3 Å². The van der Waals surface area contributed by atoms with Gasteiger partial charge in [0.15, 0.2) is 0 Å². The lowest BCUT2D eigenvalue weighted by Gasteiger charge is -2.16. The van der Waals surface area contributed by atoms with Crippen molar-refractivity contribution in [1.82, 2.24) is 10.6 Å². The van der Waals surface area contributed by atoms with Gasteiger partial charge in [-0.05, 0) is 13.3 Å². The number of unbranched alkanes of at least 4 members (excludes halogenated alkanes) is 1. The number of aliphatic hydroxyl groups is 1. The Bertz CT molecular complexity index is 188. The molecule has 0 aliphatic heterocycles. The molecule has 96 valence electrons. The Balaban J connectivity index is 3.49. The van der Waals surface area contributed by atoms with Crippen molar-refractivity contribution in [2.24, 2.45) is 0 Å². The first kappa shape index (κ1) is 15.3. The minimum Gasteiger partial charge on any atom is -0.389 e. The van der Waals surface area contributed by atoms with Gasteiger partial charge in [0, 0.05) is 20.2 Å². The number of rotatable bonds is 9. The fraction of sp³-hybridized carbons (Fsp3) is 0.909. The molecule has 0 aromatic carbocycles. The molecule has 0 aliphatic rings. The summed E-state index contributed by atoms with van der Waals surface area (Å²) in [5.74, 6) is -0.0842. The molecule has 0 aromatic rings. The highest BCUT2D eigenvalue weighted by atomic mass is 16.5. The Morgan fingerprint density at radius 2 is 2.19 bits per heavy atom. The lowest BCUT2D eigenvalue weighted by molar-refractivity contribution is -0.122. The number of aliphatic hydroxyl groups excluding tert-OH is 1. The number of carbonyl (C=O) groups excluding carboxylic acids is 1. The SMILES string of the molecule is CCCCOCC(O)CNC(C)C(=O)NC. The smallest absolute Gasteiger partial charge is 0.236 e. The molecule has 1 amide bonds. The number of hydrogen-bond donors (Lipinski definition) is 3. The number of ether oxygens (including phenoxy) is 1. The second kappa shape index (κ2) is 9.57. The third-order valence-electron chi connectivity index (χ3n) is 2.25. The van der Waals surface area contributed by atoms with E-state index in [1.54, 1.807) is 14.0 Å². The third-order valence-corrected chi connectivity index (χ3v) is 2.25. The van der Waals surface area contributed by atoms with Gasteiger partial charge in [-0.15, -0.1) is 0 Å². The molecule has 0 fully saturated rings. The van der Waals surface area contributed by atoms with Crippen LogP contribution in [0, 0.1) is 0 Å². The Kier molecular flexibility index (Phi) is 9.18. The average Bonchev–Trinajstić information content (AvgIpc) is 2.30. The summed E-state index contributed by atoms with van der Waals surface area (Å²) in [5, 5.41) is 15.0. The second-order valence-electron chi connectivity index (χ2n) is 3.83. The summed E-state index contributed by atoms with van der Waals surface area (Å²) in [6.07, 6.45) is 1.53. The van der Waals surface area contributed by atoms with Crippen LogP contribution in [-0.2, 0) is 9.53 Å². The summed E-state index contributed by atoms with van der Waals surface area (Å²) in [4.78, 5) is 11.1. The number of likely N-dealkylation sites (N-methyl/N-ethyl adjacent to an activating group) is 1. The van der Waals surface area contributed by atoms with Crippen LogP contribution in [-0.4, -0.2) is 50.0 Å². The van der Waals surface area contributed by atoms with Crippen molar-refractivity contribution in [1.29, 1.82) is 0 Å². The van der Waals surface area contributed by atoms with Gasteiger partial charge < -0.3 is 20.5 Å². The predicted molar refractivity (Wildman–Crippen MR) is 63.3 cm³/mol. The molecule has 0 radical (unpaired) electrons. The third kappa shape index (κ3) is 7.62. The van der Waals surface area contributed by atoms with Crippen LogP contribution in [0.5, 0.6) is 0 Å². The molecule has 2 unspecified atom stereocenters. The fourth-order valence-corrected chi connectivity index (χ4v) is 1.15. The van der Waals surface area contributed by atoms with Gasteiger partial charge in [0.25, 0.3) is 0 Å². The van der Waals surface area contributed by atoms with Crippen molar-refractivity contribution < 1.29 is 14.6 Å². The maximum absolute atomic E-state index is 11.1. The van der Waals surface area contributed by atoms with Crippen LogP contribution in [0.25, 0.3) is 0 Å². The first-order valence-electron chi connectivity index (χ1n) is 5.82. The maximum Gasteiger partial charge on any atom is 0.236 e. The topological polar surface area (TPSA) is 70.6 Å². The normalized spacial score (nSPS) is 14.5. The zero-order chi connectivity index (χ0) is 12.4. The van der Waals surface area contributed by atoms with Gasteiger partial charge in [0.2, 0.25) is 5.91 Å². The summed E-state index contributed by atoms with van der Waals surface area (Å²) in [7, 11) is 1.59. The van der Waals surface area contributed by atoms with Crippen LogP contribution in [0.4, 0.5) is 0 Å². The van der Waals surface area contributed by atoms with Crippen molar-refractivity contribution in [3.8, 4) is 0 Å². The van der Waals surface area contributed by atoms with E-state index in [4.69, 9.17) is 4.74 Å². The van der Waals surface area contributed by atoms with Crippen molar-refractivity contribution in [3.63, 3.8) is 0 Å². The highest BCUT2D eigenvalue weighted by molar-refractivity contribution is 5.80. The Morgan fingerprint density at radius 1 is 1.50 bits per heavy atom. The average molecular weight is 232 g/mol. The molecule has 0 spiro atoms. The van der Waals surface area contributed by atoms with Crippen LogP contribution in [0.2, 0.25) is 0 Å². The maximum atomic E-state index is 11.1. The molecule has 3 N–H and O–H groups in total.